The molecule has 0 spiro atoms. The van der Waals surface area contributed by atoms with E-state index in [0.717, 1.165) is 5.56 Å². The molecule has 1 amide bonds. The van der Waals surface area contributed by atoms with Crippen LogP contribution in [0.1, 0.15) is 17.5 Å². The first kappa shape index (κ1) is 13.3. The third-order valence-electron chi connectivity index (χ3n) is 3.49. The van der Waals surface area contributed by atoms with Gasteiger partial charge in [-0.05, 0) is 25.5 Å². The van der Waals surface area contributed by atoms with Gasteiger partial charge in [0, 0.05) is 30.5 Å². The normalized spacial score (nSPS) is 18.7. The zero-order chi connectivity index (χ0) is 14.2. The van der Waals surface area contributed by atoms with Crippen molar-refractivity contribution < 1.29 is 9.72 Å². The minimum atomic E-state index is -0.413. The Morgan fingerprint density at radius 2 is 2.11 bits per heavy atom. The molecule has 19 heavy (non-hydrogen) atoms. The van der Waals surface area contributed by atoms with Crippen LogP contribution in [0.25, 0.3) is 0 Å². The summed E-state index contributed by atoms with van der Waals surface area (Å²) in [6.45, 7) is 7.81. The molecular weight excluding hydrogens is 244 g/mol. The highest BCUT2D eigenvalue weighted by molar-refractivity contribution is 5.97. The molecule has 0 N–H and O–H groups in total. The molecule has 0 bridgehead atoms. The molecule has 100 valence electrons. The van der Waals surface area contributed by atoms with Gasteiger partial charge in [-0.3, -0.25) is 14.9 Å². The van der Waals surface area contributed by atoms with Gasteiger partial charge in [0.2, 0.25) is 5.91 Å². The van der Waals surface area contributed by atoms with Crippen LogP contribution in [0.4, 0.5) is 11.4 Å². The number of nitro groups is 1. The fourth-order valence-electron chi connectivity index (χ4n) is 2.44. The minimum Gasteiger partial charge on any atom is -0.311 e. The summed E-state index contributed by atoms with van der Waals surface area (Å²) in [7, 11) is 0. The van der Waals surface area contributed by atoms with Crippen molar-refractivity contribution in [2.75, 3.05) is 11.4 Å². The molecule has 2 rings (SSSR count). The molecule has 1 unspecified atom stereocenters. The monoisotopic (exact) mass is 260 g/mol. The Morgan fingerprint density at radius 3 is 2.63 bits per heavy atom. The first-order valence-corrected chi connectivity index (χ1v) is 6.12. The Balaban J connectivity index is 2.45. The predicted octanol–water partition coefficient (Wildman–Crippen LogP) is 2.75. The molecule has 1 heterocycles. The zero-order valence-corrected chi connectivity index (χ0v) is 11.0. The van der Waals surface area contributed by atoms with E-state index < -0.39 is 4.92 Å². The van der Waals surface area contributed by atoms with Crippen LogP contribution in [0.2, 0.25) is 0 Å². The second-order valence-corrected chi connectivity index (χ2v) is 4.89. The van der Waals surface area contributed by atoms with E-state index in [-0.39, 0.29) is 17.5 Å². The van der Waals surface area contributed by atoms with Crippen molar-refractivity contribution in [1.29, 1.82) is 0 Å². The van der Waals surface area contributed by atoms with Crippen LogP contribution in [0.3, 0.4) is 0 Å². The fourth-order valence-corrected chi connectivity index (χ4v) is 2.44. The van der Waals surface area contributed by atoms with Crippen LogP contribution >= 0.6 is 0 Å². The third-order valence-corrected chi connectivity index (χ3v) is 3.49. The molecule has 0 radical (unpaired) electrons. The summed E-state index contributed by atoms with van der Waals surface area (Å²) in [5.74, 6) is 0.110. The van der Waals surface area contributed by atoms with Crippen LogP contribution in [0.15, 0.2) is 24.8 Å². The predicted molar refractivity (Wildman–Crippen MR) is 73.2 cm³/mol. The van der Waals surface area contributed by atoms with Gasteiger partial charge in [-0.2, -0.15) is 0 Å². The zero-order valence-electron chi connectivity index (χ0n) is 11.0. The Hall–Kier alpha value is -2.17. The van der Waals surface area contributed by atoms with Crippen LogP contribution in [0, 0.1) is 29.9 Å². The number of rotatable bonds is 3. The molecule has 1 atom stereocenters. The highest BCUT2D eigenvalue weighted by atomic mass is 16.6. The van der Waals surface area contributed by atoms with E-state index in [2.05, 4.69) is 6.58 Å². The molecular formula is C14H16N2O3. The number of anilines is 1. The van der Waals surface area contributed by atoms with Crippen LogP contribution in [-0.2, 0) is 4.79 Å². The van der Waals surface area contributed by atoms with Crippen molar-refractivity contribution in [3.63, 3.8) is 0 Å². The molecule has 1 saturated heterocycles. The smallest absolute Gasteiger partial charge is 0.274 e. The van der Waals surface area contributed by atoms with E-state index in [1.165, 1.54) is 6.07 Å². The lowest BCUT2D eigenvalue weighted by Gasteiger charge is -2.19. The summed E-state index contributed by atoms with van der Waals surface area (Å²) in [6.07, 6.45) is 2.18. The lowest BCUT2D eigenvalue weighted by atomic mass is 10.1. The summed E-state index contributed by atoms with van der Waals surface area (Å²) in [4.78, 5) is 24.2. The molecule has 1 aromatic rings. The SMILES string of the molecule is C=CC1CC(=O)N(c2cc([N+](=O)[O-])c(C)cc2C)C1. The number of hydrogen-bond acceptors (Lipinski definition) is 3. The quantitative estimate of drug-likeness (QED) is 0.477. The van der Waals surface area contributed by atoms with Gasteiger partial charge in [-0.1, -0.05) is 6.08 Å². The van der Waals surface area contributed by atoms with Crippen molar-refractivity contribution in [1.82, 2.24) is 0 Å². The Kier molecular flexibility index (Phi) is 3.38. The largest absolute Gasteiger partial charge is 0.311 e. The van der Waals surface area contributed by atoms with E-state index in [9.17, 15) is 14.9 Å². The number of nitrogens with zero attached hydrogens (tertiary/aromatic N) is 2. The van der Waals surface area contributed by atoms with Crippen LogP contribution in [0.5, 0.6) is 0 Å². The topological polar surface area (TPSA) is 63.5 Å². The van der Waals surface area contributed by atoms with Crippen molar-refractivity contribution in [2.24, 2.45) is 5.92 Å². The fraction of sp³-hybridized carbons (Fsp3) is 0.357. The molecule has 1 aliphatic heterocycles. The number of carbonyl (C=O) groups excluding carboxylic acids is 1. The number of aryl methyl sites for hydroxylation is 2. The van der Waals surface area contributed by atoms with Crippen molar-refractivity contribution >= 4 is 17.3 Å². The molecule has 1 fully saturated rings. The van der Waals surface area contributed by atoms with E-state index in [1.54, 1.807) is 24.0 Å². The number of hydrogen-bond donors (Lipinski definition) is 0. The number of amides is 1. The molecule has 5 nitrogen and oxygen atoms in total. The standard InChI is InChI=1S/C14H16N2O3/c1-4-11-6-14(17)15(8-11)12-7-13(16(18)19)10(3)5-9(12)2/h4-5,7,11H,1,6,8H2,2-3H3. The van der Waals surface area contributed by atoms with Crippen molar-refractivity contribution in [3.8, 4) is 0 Å². The number of benzene rings is 1. The van der Waals surface area contributed by atoms with Crippen LogP contribution in [-0.4, -0.2) is 17.4 Å². The Bertz CT molecular complexity index is 566. The van der Waals surface area contributed by atoms with Gasteiger partial charge in [0.05, 0.1) is 10.6 Å². The summed E-state index contributed by atoms with van der Waals surface area (Å²) in [6, 6.07) is 3.25. The van der Waals surface area contributed by atoms with Crippen LogP contribution < -0.4 is 4.90 Å². The average molecular weight is 260 g/mol. The number of carbonyl (C=O) groups is 1. The molecule has 0 aromatic heterocycles. The second kappa shape index (κ2) is 4.84. The van der Waals surface area contributed by atoms with Gasteiger partial charge < -0.3 is 4.90 Å². The minimum absolute atomic E-state index is 0.00819. The first-order valence-electron chi connectivity index (χ1n) is 6.12. The second-order valence-electron chi connectivity index (χ2n) is 4.89. The molecule has 0 saturated carbocycles. The maximum Gasteiger partial charge on any atom is 0.274 e. The van der Waals surface area contributed by atoms with Gasteiger partial charge >= 0.3 is 0 Å². The van der Waals surface area contributed by atoms with Gasteiger partial charge in [0.25, 0.3) is 5.69 Å². The Morgan fingerprint density at radius 1 is 1.42 bits per heavy atom. The lowest BCUT2D eigenvalue weighted by Crippen LogP contribution is -2.25. The molecule has 1 aliphatic rings. The Labute approximate surface area is 111 Å². The van der Waals surface area contributed by atoms with Gasteiger partial charge in [-0.25, -0.2) is 0 Å². The van der Waals surface area contributed by atoms with Gasteiger partial charge in [-0.15, -0.1) is 6.58 Å². The summed E-state index contributed by atoms with van der Waals surface area (Å²) < 4.78 is 0. The van der Waals surface area contributed by atoms with Crippen molar-refractivity contribution in [3.05, 3.63) is 46.0 Å². The maximum absolute atomic E-state index is 12.0. The van der Waals surface area contributed by atoms with E-state index in [1.807, 2.05) is 6.92 Å². The van der Waals surface area contributed by atoms with Crippen molar-refractivity contribution in [2.45, 2.75) is 20.3 Å². The maximum atomic E-state index is 12.0. The lowest BCUT2D eigenvalue weighted by molar-refractivity contribution is -0.385. The summed E-state index contributed by atoms with van der Waals surface area (Å²) >= 11 is 0. The van der Waals surface area contributed by atoms with E-state index in [4.69, 9.17) is 0 Å². The summed E-state index contributed by atoms with van der Waals surface area (Å²) in [5, 5.41) is 11.0. The highest BCUT2D eigenvalue weighted by Gasteiger charge is 2.30. The number of nitro benzene ring substituents is 1. The molecule has 5 heteroatoms. The van der Waals surface area contributed by atoms with Gasteiger partial charge in [0.15, 0.2) is 0 Å². The average Bonchev–Trinajstić information content (AvgIpc) is 2.70. The van der Waals surface area contributed by atoms with Gasteiger partial charge in [0.1, 0.15) is 0 Å². The third kappa shape index (κ3) is 2.36. The van der Waals surface area contributed by atoms with E-state index in [0.29, 0.717) is 24.2 Å². The first-order chi connectivity index (χ1) is 8.93. The molecule has 0 aliphatic carbocycles. The van der Waals surface area contributed by atoms with E-state index >= 15 is 0 Å². The highest BCUT2D eigenvalue weighted by Crippen LogP contribution is 2.33. The summed E-state index contributed by atoms with van der Waals surface area (Å²) in [5.41, 5.74) is 2.17. The molecule has 1 aromatic carbocycles.